The number of hydrazine groups is 1. The summed E-state index contributed by atoms with van der Waals surface area (Å²) >= 11 is 17.1. The van der Waals surface area contributed by atoms with Crippen molar-refractivity contribution in [2.75, 3.05) is 19.8 Å². The Kier molecular flexibility index (Phi) is 13.4. The van der Waals surface area contributed by atoms with Gasteiger partial charge in [-0.05, 0) is 61.8 Å². The smallest absolute Gasteiger partial charge is 0.407 e. The summed E-state index contributed by atoms with van der Waals surface area (Å²) in [6.45, 7) is 8.42. The molecule has 4 N–H and O–H groups in total. The maximum atomic E-state index is 13.7. The molecule has 0 aromatic heterocycles. The number of aliphatic hydroxyl groups is 1. The number of fused-ring (bicyclic) bond motifs is 3. The van der Waals surface area contributed by atoms with Gasteiger partial charge in [-0.1, -0.05) is 97.2 Å². The van der Waals surface area contributed by atoms with Crippen LogP contribution in [0, 0.1) is 5.92 Å². The van der Waals surface area contributed by atoms with E-state index in [0.717, 1.165) is 22.3 Å². The van der Waals surface area contributed by atoms with Gasteiger partial charge in [0.25, 0.3) is 0 Å². The Hall–Kier alpha value is -3.13. The predicted octanol–water partition coefficient (Wildman–Crippen LogP) is 4.97. The third-order valence-corrected chi connectivity index (χ3v) is 8.58. The van der Waals surface area contributed by atoms with E-state index in [1.165, 1.54) is 5.01 Å². The minimum atomic E-state index is -1.80. The van der Waals surface area contributed by atoms with Crippen LogP contribution in [-0.2, 0) is 28.6 Å². The second kappa shape index (κ2) is 16.9. The van der Waals surface area contributed by atoms with Gasteiger partial charge in [0.05, 0.1) is 12.5 Å². The first kappa shape index (κ1) is 39.7. The van der Waals surface area contributed by atoms with E-state index < -0.39 is 76.6 Å². The van der Waals surface area contributed by atoms with Gasteiger partial charge in [0.1, 0.15) is 37.1 Å². The number of esters is 2. The number of nitrogens with zero attached hydrogens (tertiary/aromatic N) is 1. The molecule has 0 bridgehead atoms. The number of halogens is 3. The zero-order valence-electron chi connectivity index (χ0n) is 28.7. The number of carbonyl (C=O) groups is 4. The molecule has 0 radical (unpaired) electrons. The lowest BCUT2D eigenvalue weighted by Gasteiger charge is -2.39. The highest BCUT2D eigenvalue weighted by Gasteiger charge is 2.38. The summed E-state index contributed by atoms with van der Waals surface area (Å²) in [5.41, 5.74) is 6.32. The molecule has 2 aromatic rings. The Morgan fingerprint density at radius 1 is 0.960 bits per heavy atom. The van der Waals surface area contributed by atoms with E-state index in [1.54, 1.807) is 34.6 Å². The lowest BCUT2D eigenvalue weighted by Crippen LogP contribution is -2.64. The van der Waals surface area contributed by atoms with Crippen molar-refractivity contribution in [3.05, 3.63) is 59.7 Å². The summed E-state index contributed by atoms with van der Waals surface area (Å²) in [7, 11) is 0. The fourth-order valence-corrected chi connectivity index (χ4v) is 6.18. The van der Waals surface area contributed by atoms with Gasteiger partial charge in [-0.3, -0.25) is 14.4 Å². The average molecular weight is 756 g/mol. The largest absolute Gasteiger partial charge is 0.460 e. The summed E-state index contributed by atoms with van der Waals surface area (Å²) in [5.74, 6) is -2.61. The number of alkyl carbamates (subject to hydrolysis) is 1. The molecule has 1 heterocycles. The maximum absolute atomic E-state index is 13.7. The van der Waals surface area contributed by atoms with Crippen LogP contribution in [0.15, 0.2) is 48.5 Å². The van der Waals surface area contributed by atoms with E-state index in [-0.39, 0.29) is 19.1 Å². The molecule has 1 fully saturated rings. The number of carbonyl (C=O) groups excluding carboxylic acids is 4. The van der Waals surface area contributed by atoms with Crippen molar-refractivity contribution in [3.8, 4) is 11.1 Å². The molecule has 274 valence electrons. The number of alkyl halides is 3. The van der Waals surface area contributed by atoms with Gasteiger partial charge >= 0.3 is 18.0 Å². The molecule has 0 spiro atoms. The van der Waals surface area contributed by atoms with Gasteiger partial charge < -0.3 is 30.0 Å². The van der Waals surface area contributed by atoms with Crippen LogP contribution in [0.3, 0.4) is 0 Å². The Balaban J connectivity index is 1.44. The lowest BCUT2D eigenvalue weighted by molar-refractivity contribution is -0.161. The van der Waals surface area contributed by atoms with Gasteiger partial charge in [0.15, 0.2) is 0 Å². The van der Waals surface area contributed by atoms with E-state index in [1.807, 2.05) is 48.5 Å². The molecule has 0 saturated carbocycles. The third kappa shape index (κ3) is 10.9. The number of rotatable bonds is 12. The standard InChI is InChI=1S/C35H45Cl3N4O8/c1-20(2)29(40-33(47)48-18-25-23-13-8-6-11-21(23)22-12-7-9-14-24(22)25)30(44)39-27(17-28(43)50-34(3,4)5)31(45)42-16-10-15-26(41-42)32(46)49-19-35(36,37)38/h6-9,11-14,20,25-27,29,31,41,45H,10,15-19H2,1-5H3,(H,39,44)(H,40,47). The number of nitrogens with one attached hydrogen (secondary N) is 3. The number of ether oxygens (including phenoxy) is 3. The van der Waals surface area contributed by atoms with E-state index in [2.05, 4.69) is 16.1 Å². The zero-order chi connectivity index (χ0) is 36.8. The number of hydrogen-bond acceptors (Lipinski definition) is 10. The lowest BCUT2D eigenvalue weighted by atomic mass is 9.98. The molecule has 2 amide bonds. The summed E-state index contributed by atoms with van der Waals surface area (Å²) < 4.78 is 14.4. The summed E-state index contributed by atoms with van der Waals surface area (Å²) in [6, 6.07) is 12.7. The van der Waals surface area contributed by atoms with Crippen LogP contribution in [0.2, 0.25) is 0 Å². The van der Waals surface area contributed by atoms with Gasteiger partial charge in [0.2, 0.25) is 9.70 Å². The third-order valence-electron chi connectivity index (χ3n) is 8.26. The highest BCUT2D eigenvalue weighted by atomic mass is 35.6. The van der Waals surface area contributed by atoms with Crippen LogP contribution in [0.5, 0.6) is 0 Å². The SMILES string of the molecule is CC(C)C(NC(=O)OCC1c2ccccc2-c2ccccc21)C(=O)NC(CC(=O)OC(C)(C)C)C(O)N1CCCC(C(=O)OCC(Cl)(Cl)Cl)N1. The minimum Gasteiger partial charge on any atom is -0.460 e. The molecule has 4 atom stereocenters. The van der Waals surface area contributed by atoms with Crippen molar-refractivity contribution in [2.45, 2.75) is 93.5 Å². The van der Waals surface area contributed by atoms with Gasteiger partial charge in [0, 0.05) is 12.5 Å². The Labute approximate surface area is 307 Å². The second-order valence-electron chi connectivity index (χ2n) is 13.8. The first-order valence-electron chi connectivity index (χ1n) is 16.5. The van der Waals surface area contributed by atoms with E-state index in [9.17, 15) is 24.3 Å². The van der Waals surface area contributed by atoms with Crippen LogP contribution in [0.25, 0.3) is 11.1 Å². The number of aliphatic hydroxyl groups excluding tert-OH is 1. The zero-order valence-corrected chi connectivity index (χ0v) is 31.0. The number of hydrogen-bond donors (Lipinski definition) is 4. The first-order chi connectivity index (χ1) is 23.4. The Morgan fingerprint density at radius 2 is 1.56 bits per heavy atom. The molecule has 1 aliphatic heterocycles. The van der Waals surface area contributed by atoms with Crippen LogP contribution >= 0.6 is 34.8 Å². The molecule has 4 unspecified atom stereocenters. The van der Waals surface area contributed by atoms with Crippen molar-refractivity contribution >= 4 is 58.7 Å². The summed E-state index contributed by atoms with van der Waals surface area (Å²) in [5, 5.41) is 18.2. The van der Waals surface area contributed by atoms with Gasteiger partial charge in [-0.25, -0.2) is 15.2 Å². The molecule has 1 saturated heterocycles. The van der Waals surface area contributed by atoms with Crippen molar-refractivity contribution in [1.82, 2.24) is 21.1 Å². The quantitative estimate of drug-likeness (QED) is 0.133. The molecule has 15 heteroatoms. The first-order valence-corrected chi connectivity index (χ1v) is 17.6. The summed E-state index contributed by atoms with van der Waals surface area (Å²) in [6.07, 6.45) is -1.88. The highest BCUT2D eigenvalue weighted by molar-refractivity contribution is 6.67. The maximum Gasteiger partial charge on any atom is 0.407 e. The van der Waals surface area contributed by atoms with E-state index in [4.69, 9.17) is 49.0 Å². The van der Waals surface area contributed by atoms with Gasteiger partial charge in [-0.15, -0.1) is 0 Å². The summed E-state index contributed by atoms with van der Waals surface area (Å²) in [4.78, 5) is 52.5. The van der Waals surface area contributed by atoms with Crippen molar-refractivity contribution in [2.24, 2.45) is 5.92 Å². The van der Waals surface area contributed by atoms with Crippen molar-refractivity contribution < 1.29 is 38.5 Å². The Morgan fingerprint density at radius 3 is 2.12 bits per heavy atom. The Bertz CT molecular complexity index is 1480. The van der Waals surface area contributed by atoms with Crippen LogP contribution in [0.4, 0.5) is 4.79 Å². The van der Waals surface area contributed by atoms with Crippen LogP contribution in [-0.4, -0.2) is 87.6 Å². The monoisotopic (exact) mass is 754 g/mol. The minimum absolute atomic E-state index is 0.0537. The van der Waals surface area contributed by atoms with Crippen molar-refractivity contribution in [3.63, 3.8) is 0 Å². The molecule has 50 heavy (non-hydrogen) atoms. The van der Waals surface area contributed by atoms with E-state index in [0.29, 0.717) is 12.8 Å². The fraction of sp³-hybridized carbons (Fsp3) is 0.543. The van der Waals surface area contributed by atoms with Gasteiger partial charge in [-0.2, -0.15) is 0 Å². The number of benzene rings is 2. The molecular weight excluding hydrogens is 711 g/mol. The van der Waals surface area contributed by atoms with Crippen LogP contribution in [0.1, 0.15) is 70.9 Å². The van der Waals surface area contributed by atoms with Crippen LogP contribution < -0.4 is 16.1 Å². The molecule has 12 nitrogen and oxygen atoms in total. The topological polar surface area (TPSA) is 156 Å². The van der Waals surface area contributed by atoms with Crippen molar-refractivity contribution in [1.29, 1.82) is 0 Å². The molecule has 4 rings (SSSR count). The highest BCUT2D eigenvalue weighted by Crippen LogP contribution is 2.44. The second-order valence-corrected chi connectivity index (χ2v) is 16.3. The molecule has 2 aliphatic rings. The normalized spacial score (nSPS) is 18.3. The average Bonchev–Trinajstić information content (AvgIpc) is 3.36. The fourth-order valence-electron chi connectivity index (χ4n) is 6.01. The molecule has 1 aliphatic carbocycles. The molecular formula is C35H45Cl3N4O8. The number of amides is 2. The molecule has 2 aromatic carbocycles. The van der Waals surface area contributed by atoms with E-state index >= 15 is 0 Å². The predicted molar refractivity (Wildman–Crippen MR) is 189 cm³/mol.